The van der Waals surface area contributed by atoms with Gasteiger partial charge in [0.2, 0.25) is 0 Å². The molecule has 0 unspecified atom stereocenters. The van der Waals surface area contributed by atoms with Gasteiger partial charge >= 0.3 is 0 Å². The van der Waals surface area contributed by atoms with Gasteiger partial charge in [-0.25, -0.2) is 0 Å². The molecule has 0 aliphatic heterocycles. The number of hydrogen-bond acceptors (Lipinski definition) is 2. The van der Waals surface area contributed by atoms with Crippen LogP contribution in [-0.4, -0.2) is 10.8 Å². The molecule has 0 aromatic heterocycles. The van der Waals surface area contributed by atoms with Gasteiger partial charge in [-0.1, -0.05) is 58.0 Å². The summed E-state index contributed by atoms with van der Waals surface area (Å²) >= 11 is 0. The normalized spacial score (nSPS) is 12.5. The van der Waals surface area contributed by atoms with Gasteiger partial charge in [0.1, 0.15) is 5.75 Å². The minimum atomic E-state index is -0.0916. The number of benzene rings is 2. The highest BCUT2D eigenvalue weighted by Crippen LogP contribution is 2.34. The lowest BCUT2D eigenvalue weighted by Gasteiger charge is -2.22. The highest BCUT2D eigenvalue weighted by Gasteiger charge is 2.21. The number of phenolic OH excluding ortho intramolecular Hbond substituents is 1. The van der Waals surface area contributed by atoms with E-state index in [4.69, 9.17) is 0 Å². The molecule has 2 nitrogen and oxygen atoms in total. The summed E-state index contributed by atoms with van der Waals surface area (Å²) in [7, 11) is 0. The fourth-order valence-electron chi connectivity index (χ4n) is 2.37. The smallest absolute Gasteiger partial charge is 0.128 e. The molecule has 2 aromatic carbocycles. The number of para-hydroxylation sites is 2. The quantitative estimate of drug-likeness (QED) is 0.768. The second kappa shape index (κ2) is 6.13. The molecule has 2 aromatic rings. The van der Waals surface area contributed by atoms with Crippen molar-refractivity contribution in [3.63, 3.8) is 0 Å². The van der Waals surface area contributed by atoms with Crippen LogP contribution in [0, 0.1) is 0 Å². The Hall–Kier alpha value is -2.09. The molecule has 0 heterocycles. The summed E-state index contributed by atoms with van der Waals surface area (Å²) in [6.45, 7) is 8.37. The van der Waals surface area contributed by atoms with Crippen molar-refractivity contribution in [1.29, 1.82) is 0 Å². The Labute approximate surface area is 127 Å². The molecule has 0 spiro atoms. The number of aliphatic imine (C=N–C) groups is 1. The first-order valence-electron chi connectivity index (χ1n) is 7.39. The molecule has 1 N–H and O–H groups in total. The third kappa shape index (κ3) is 3.52. The zero-order valence-electron chi connectivity index (χ0n) is 13.2. The van der Waals surface area contributed by atoms with Gasteiger partial charge in [0, 0.05) is 5.56 Å². The molecule has 21 heavy (non-hydrogen) atoms. The molecule has 2 rings (SSSR count). The van der Waals surface area contributed by atoms with Crippen LogP contribution in [0.5, 0.6) is 5.75 Å². The highest BCUT2D eigenvalue weighted by molar-refractivity contribution is 6.04. The number of hydrogen-bond donors (Lipinski definition) is 1. The van der Waals surface area contributed by atoms with Crippen molar-refractivity contribution in [2.45, 2.75) is 39.5 Å². The van der Waals surface area contributed by atoms with Crippen molar-refractivity contribution in [3.8, 4) is 5.75 Å². The van der Waals surface area contributed by atoms with Crippen LogP contribution in [0.4, 0.5) is 5.69 Å². The zero-order chi connectivity index (χ0) is 15.5. The maximum atomic E-state index is 10.6. The largest absolute Gasteiger partial charge is 0.507 e. The van der Waals surface area contributed by atoms with E-state index in [-0.39, 0.29) is 5.41 Å². The number of aromatic hydroxyl groups is 1. The third-order valence-corrected chi connectivity index (χ3v) is 3.51. The molecule has 110 valence electrons. The fraction of sp³-hybridized carbons (Fsp3) is 0.316. The van der Waals surface area contributed by atoms with Crippen LogP contribution < -0.4 is 0 Å². The van der Waals surface area contributed by atoms with E-state index in [1.807, 2.05) is 48.5 Å². The van der Waals surface area contributed by atoms with Crippen LogP contribution in [0.1, 0.15) is 45.2 Å². The highest BCUT2D eigenvalue weighted by atomic mass is 16.3. The second-order valence-electron chi connectivity index (χ2n) is 6.20. The maximum Gasteiger partial charge on any atom is 0.128 e. The van der Waals surface area contributed by atoms with E-state index in [2.05, 4.69) is 32.7 Å². The van der Waals surface area contributed by atoms with E-state index in [1.54, 1.807) is 0 Å². The monoisotopic (exact) mass is 281 g/mol. The van der Waals surface area contributed by atoms with Gasteiger partial charge in [0.05, 0.1) is 11.4 Å². The average Bonchev–Trinajstić information content (AvgIpc) is 2.45. The maximum absolute atomic E-state index is 10.6. The Kier molecular flexibility index (Phi) is 4.46. The standard InChI is InChI=1S/C19H23NO/c1-5-17(20-14-10-7-6-8-11-14)15-12-9-13-16(18(15)21)19(2,3)4/h6-13,21H,5H2,1-4H3. The van der Waals surface area contributed by atoms with Gasteiger partial charge in [-0.2, -0.15) is 0 Å². The molecular weight excluding hydrogens is 258 g/mol. The average molecular weight is 281 g/mol. The van der Waals surface area contributed by atoms with E-state index in [0.717, 1.165) is 28.9 Å². The molecular formula is C19H23NO. The summed E-state index contributed by atoms with van der Waals surface area (Å²) in [4.78, 5) is 4.69. The predicted molar refractivity (Wildman–Crippen MR) is 89.7 cm³/mol. The molecule has 2 heteroatoms. The van der Waals surface area contributed by atoms with Crippen molar-refractivity contribution in [2.24, 2.45) is 4.99 Å². The summed E-state index contributed by atoms with van der Waals surface area (Å²) in [6, 6.07) is 15.8. The molecule has 0 bridgehead atoms. The second-order valence-corrected chi connectivity index (χ2v) is 6.20. The van der Waals surface area contributed by atoms with E-state index in [0.29, 0.717) is 5.75 Å². The SMILES string of the molecule is CCC(=Nc1ccccc1)c1cccc(C(C)(C)C)c1O. The Morgan fingerprint density at radius 1 is 1.00 bits per heavy atom. The lowest BCUT2D eigenvalue weighted by atomic mass is 9.84. The summed E-state index contributed by atoms with van der Waals surface area (Å²) in [5.41, 5.74) is 3.51. The molecule has 0 amide bonds. The van der Waals surface area contributed by atoms with Crippen molar-refractivity contribution in [3.05, 3.63) is 59.7 Å². The van der Waals surface area contributed by atoms with Gasteiger partial charge in [0.15, 0.2) is 0 Å². The fourth-order valence-corrected chi connectivity index (χ4v) is 2.37. The van der Waals surface area contributed by atoms with Crippen molar-refractivity contribution >= 4 is 11.4 Å². The number of rotatable bonds is 3. The summed E-state index contributed by atoms with van der Waals surface area (Å²) in [6.07, 6.45) is 0.774. The topological polar surface area (TPSA) is 32.6 Å². The molecule has 0 aliphatic carbocycles. The number of phenols is 1. The summed E-state index contributed by atoms with van der Waals surface area (Å²) in [5.74, 6) is 0.349. The van der Waals surface area contributed by atoms with Crippen LogP contribution >= 0.6 is 0 Å². The van der Waals surface area contributed by atoms with Crippen LogP contribution in [0.25, 0.3) is 0 Å². The minimum Gasteiger partial charge on any atom is -0.507 e. The number of nitrogens with zero attached hydrogens (tertiary/aromatic N) is 1. The van der Waals surface area contributed by atoms with Crippen molar-refractivity contribution in [2.75, 3.05) is 0 Å². The molecule has 0 fully saturated rings. The van der Waals surface area contributed by atoms with E-state index >= 15 is 0 Å². The van der Waals surface area contributed by atoms with Gasteiger partial charge in [0.25, 0.3) is 0 Å². The van der Waals surface area contributed by atoms with Gasteiger partial charge in [-0.15, -0.1) is 0 Å². The molecule has 0 saturated heterocycles. The Morgan fingerprint density at radius 3 is 2.24 bits per heavy atom. The van der Waals surface area contributed by atoms with Gasteiger partial charge in [-0.05, 0) is 35.6 Å². The Bertz CT molecular complexity index is 636. The Morgan fingerprint density at radius 2 is 1.67 bits per heavy atom. The van der Waals surface area contributed by atoms with Crippen LogP contribution in [0.2, 0.25) is 0 Å². The minimum absolute atomic E-state index is 0.0916. The van der Waals surface area contributed by atoms with Crippen LogP contribution in [-0.2, 0) is 5.41 Å². The van der Waals surface area contributed by atoms with E-state index in [1.165, 1.54) is 0 Å². The lowest BCUT2D eigenvalue weighted by Crippen LogP contribution is -2.13. The van der Waals surface area contributed by atoms with Gasteiger partial charge < -0.3 is 5.11 Å². The molecule has 0 aliphatic rings. The molecule has 0 saturated carbocycles. The zero-order valence-corrected chi connectivity index (χ0v) is 13.2. The van der Waals surface area contributed by atoms with E-state index in [9.17, 15) is 5.11 Å². The van der Waals surface area contributed by atoms with Crippen LogP contribution in [0.15, 0.2) is 53.5 Å². The van der Waals surface area contributed by atoms with E-state index < -0.39 is 0 Å². The molecule has 0 radical (unpaired) electrons. The first kappa shape index (κ1) is 15.3. The summed E-state index contributed by atoms with van der Waals surface area (Å²) in [5, 5.41) is 10.6. The first-order chi connectivity index (χ1) is 9.93. The summed E-state index contributed by atoms with van der Waals surface area (Å²) < 4.78 is 0. The van der Waals surface area contributed by atoms with Crippen molar-refractivity contribution in [1.82, 2.24) is 0 Å². The lowest BCUT2D eigenvalue weighted by molar-refractivity contribution is 0.445. The van der Waals surface area contributed by atoms with Crippen LogP contribution in [0.3, 0.4) is 0 Å². The van der Waals surface area contributed by atoms with Gasteiger partial charge in [-0.3, -0.25) is 4.99 Å². The first-order valence-corrected chi connectivity index (χ1v) is 7.39. The predicted octanol–water partition coefficient (Wildman–Crippen LogP) is 5.22. The Balaban J connectivity index is 2.52. The van der Waals surface area contributed by atoms with Crippen molar-refractivity contribution < 1.29 is 5.11 Å². The third-order valence-electron chi connectivity index (χ3n) is 3.51. The molecule has 0 atom stereocenters.